The molecule has 0 bridgehead atoms. The highest BCUT2D eigenvalue weighted by molar-refractivity contribution is 5.38. The quantitative estimate of drug-likeness (QED) is 0.619. The summed E-state index contributed by atoms with van der Waals surface area (Å²) in [6.07, 6.45) is 9.30. The first-order valence-corrected chi connectivity index (χ1v) is 7.30. The number of hydrogen-bond acceptors (Lipinski definition) is 2. The van der Waals surface area contributed by atoms with Crippen molar-refractivity contribution in [3.05, 3.63) is 0 Å². The van der Waals surface area contributed by atoms with E-state index in [0.29, 0.717) is 12.4 Å². The van der Waals surface area contributed by atoms with Crippen LogP contribution in [0.5, 0.6) is 0 Å². The average Bonchev–Trinajstić information content (AvgIpc) is 2.30. The summed E-state index contributed by atoms with van der Waals surface area (Å²) in [6.45, 7) is 7.38. The van der Waals surface area contributed by atoms with Crippen molar-refractivity contribution in [2.75, 3.05) is 0 Å². The predicted octanol–water partition coefficient (Wildman–Crippen LogP) is 4.32. The molecule has 0 aromatic rings. The van der Waals surface area contributed by atoms with Crippen molar-refractivity contribution in [1.29, 1.82) is 0 Å². The Hall–Kier alpha value is -0.530. The molecule has 1 rings (SSSR count). The van der Waals surface area contributed by atoms with E-state index >= 15 is 0 Å². The van der Waals surface area contributed by atoms with Crippen LogP contribution < -0.4 is 0 Å². The molecule has 2 nitrogen and oxygen atoms in total. The van der Waals surface area contributed by atoms with Gasteiger partial charge in [0.1, 0.15) is 5.60 Å². The zero-order chi connectivity index (χ0) is 12.7. The summed E-state index contributed by atoms with van der Waals surface area (Å²) in [5, 5.41) is 0. The predicted molar refractivity (Wildman–Crippen MR) is 70.8 cm³/mol. The van der Waals surface area contributed by atoms with Gasteiger partial charge in [-0.1, -0.05) is 46.5 Å². The van der Waals surface area contributed by atoms with Crippen LogP contribution >= 0.6 is 0 Å². The molecule has 17 heavy (non-hydrogen) atoms. The van der Waals surface area contributed by atoms with E-state index in [4.69, 9.17) is 4.74 Å². The van der Waals surface area contributed by atoms with Crippen molar-refractivity contribution < 1.29 is 9.53 Å². The third kappa shape index (κ3) is 3.72. The summed E-state index contributed by atoms with van der Waals surface area (Å²) >= 11 is 0. The van der Waals surface area contributed by atoms with E-state index in [9.17, 15) is 4.79 Å². The zero-order valence-corrected chi connectivity index (χ0v) is 11.7. The number of hydrogen-bond donors (Lipinski definition) is 0. The molecule has 0 aromatic carbocycles. The van der Waals surface area contributed by atoms with Gasteiger partial charge in [-0.15, -0.1) is 0 Å². The Labute approximate surface area is 106 Å². The minimum atomic E-state index is -0.161. The largest absolute Gasteiger partial charge is 0.461 e. The van der Waals surface area contributed by atoms with Crippen molar-refractivity contribution >= 4 is 6.47 Å². The molecule has 1 fully saturated rings. The van der Waals surface area contributed by atoms with Crippen LogP contribution in [0.15, 0.2) is 0 Å². The fourth-order valence-corrected chi connectivity index (χ4v) is 3.48. The monoisotopic (exact) mass is 240 g/mol. The van der Waals surface area contributed by atoms with Gasteiger partial charge in [-0.2, -0.15) is 0 Å². The molecule has 0 amide bonds. The summed E-state index contributed by atoms with van der Waals surface area (Å²) in [5.41, 5.74) is -0.161. The molecular weight excluding hydrogens is 212 g/mol. The number of ether oxygens (including phenoxy) is 1. The topological polar surface area (TPSA) is 26.3 Å². The Bertz CT molecular complexity index is 211. The smallest absolute Gasteiger partial charge is 0.293 e. The van der Waals surface area contributed by atoms with Gasteiger partial charge in [0.25, 0.3) is 6.47 Å². The first-order chi connectivity index (χ1) is 8.18. The molecule has 0 radical (unpaired) electrons. The van der Waals surface area contributed by atoms with Crippen LogP contribution in [-0.2, 0) is 9.53 Å². The van der Waals surface area contributed by atoms with E-state index in [-0.39, 0.29) is 5.60 Å². The van der Waals surface area contributed by atoms with Crippen LogP contribution in [0.2, 0.25) is 0 Å². The van der Waals surface area contributed by atoms with Gasteiger partial charge in [0.2, 0.25) is 0 Å². The second-order valence-corrected chi connectivity index (χ2v) is 5.74. The van der Waals surface area contributed by atoms with Crippen LogP contribution in [0, 0.1) is 11.8 Å². The molecule has 0 spiro atoms. The third-order valence-electron chi connectivity index (χ3n) is 4.39. The van der Waals surface area contributed by atoms with Gasteiger partial charge in [0.05, 0.1) is 0 Å². The van der Waals surface area contributed by atoms with E-state index in [1.807, 2.05) is 0 Å². The van der Waals surface area contributed by atoms with Crippen LogP contribution in [0.4, 0.5) is 0 Å². The SMILES string of the molecule is CCCC(CCC)(OC=O)C1CCC(C)CC1. The molecular formula is C15H28O2. The Morgan fingerprint density at radius 1 is 1.12 bits per heavy atom. The summed E-state index contributed by atoms with van der Waals surface area (Å²) < 4.78 is 5.60. The lowest BCUT2D eigenvalue weighted by molar-refractivity contribution is -0.155. The van der Waals surface area contributed by atoms with Crippen molar-refractivity contribution in [3.63, 3.8) is 0 Å². The molecule has 0 heterocycles. The van der Waals surface area contributed by atoms with Gasteiger partial charge in [0, 0.05) is 0 Å². The second kappa shape index (κ2) is 7.03. The first-order valence-electron chi connectivity index (χ1n) is 7.30. The van der Waals surface area contributed by atoms with Gasteiger partial charge in [-0.3, -0.25) is 4.79 Å². The molecule has 100 valence electrons. The second-order valence-electron chi connectivity index (χ2n) is 5.74. The van der Waals surface area contributed by atoms with Crippen LogP contribution in [-0.4, -0.2) is 12.1 Å². The minimum Gasteiger partial charge on any atom is -0.461 e. The fourth-order valence-electron chi connectivity index (χ4n) is 3.48. The highest BCUT2D eigenvalue weighted by Crippen LogP contribution is 2.42. The van der Waals surface area contributed by atoms with Gasteiger partial charge >= 0.3 is 0 Å². The molecule has 1 aliphatic carbocycles. The highest BCUT2D eigenvalue weighted by atomic mass is 16.5. The summed E-state index contributed by atoms with van der Waals surface area (Å²) in [7, 11) is 0. The molecule has 1 saturated carbocycles. The molecule has 0 N–H and O–H groups in total. The Balaban J connectivity index is 2.74. The average molecular weight is 240 g/mol. The standard InChI is InChI=1S/C15H28O2/c1-4-10-15(11-5-2,17-12-16)14-8-6-13(3)7-9-14/h12-14H,4-11H2,1-3H3. The van der Waals surface area contributed by atoms with E-state index in [0.717, 1.165) is 31.6 Å². The highest BCUT2D eigenvalue weighted by Gasteiger charge is 2.40. The minimum absolute atomic E-state index is 0.161. The summed E-state index contributed by atoms with van der Waals surface area (Å²) in [4.78, 5) is 10.9. The maximum atomic E-state index is 10.9. The summed E-state index contributed by atoms with van der Waals surface area (Å²) in [5.74, 6) is 1.44. The van der Waals surface area contributed by atoms with Crippen molar-refractivity contribution in [2.24, 2.45) is 11.8 Å². The van der Waals surface area contributed by atoms with Gasteiger partial charge < -0.3 is 4.74 Å². The van der Waals surface area contributed by atoms with E-state index in [1.54, 1.807) is 0 Å². The van der Waals surface area contributed by atoms with Gasteiger partial charge in [-0.05, 0) is 37.5 Å². The first kappa shape index (κ1) is 14.5. The zero-order valence-electron chi connectivity index (χ0n) is 11.7. The lowest BCUT2D eigenvalue weighted by Gasteiger charge is -2.42. The maximum absolute atomic E-state index is 10.9. The van der Waals surface area contributed by atoms with Crippen LogP contribution in [0.3, 0.4) is 0 Å². The van der Waals surface area contributed by atoms with E-state index in [1.165, 1.54) is 25.7 Å². The third-order valence-corrected chi connectivity index (χ3v) is 4.39. The maximum Gasteiger partial charge on any atom is 0.293 e. The van der Waals surface area contributed by atoms with Crippen molar-refractivity contribution in [2.45, 2.75) is 77.7 Å². The molecule has 1 aliphatic rings. The Morgan fingerprint density at radius 2 is 1.65 bits per heavy atom. The lowest BCUT2D eigenvalue weighted by atomic mass is 9.70. The Kier molecular flexibility index (Phi) is 6.01. The molecule has 0 aliphatic heterocycles. The van der Waals surface area contributed by atoms with Gasteiger partial charge in [0.15, 0.2) is 0 Å². The number of rotatable bonds is 7. The van der Waals surface area contributed by atoms with Crippen molar-refractivity contribution in [3.8, 4) is 0 Å². The van der Waals surface area contributed by atoms with E-state index < -0.39 is 0 Å². The molecule has 0 aromatic heterocycles. The lowest BCUT2D eigenvalue weighted by Crippen LogP contribution is -2.42. The molecule has 0 saturated heterocycles. The normalized spacial score (nSPS) is 25.6. The summed E-state index contributed by atoms with van der Waals surface area (Å²) in [6, 6.07) is 0. The van der Waals surface area contributed by atoms with E-state index in [2.05, 4.69) is 20.8 Å². The fraction of sp³-hybridized carbons (Fsp3) is 0.933. The molecule has 0 unspecified atom stereocenters. The van der Waals surface area contributed by atoms with Crippen LogP contribution in [0.25, 0.3) is 0 Å². The Morgan fingerprint density at radius 3 is 2.06 bits per heavy atom. The van der Waals surface area contributed by atoms with Crippen LogP contribution in [0.1, 0.15) is 72.1 Å². The molecule has 2 heteroatoms. The molecule has 0 atom stereocenters. The number of carbonyl (C=O) groups is 1. The van der Waals surface area contributed by atoms with Crippen molar-refractivity contribution in [1.82, 2.24) is 0 Å². The number of carbonyl (C=O) groups excluding carboxylic acids is 1. The van der Waals surface area contributed by atoms with Gasteiger partial charge in [-0.25, -0.2) is 0 Å².